The number of imidazole rings is 1. The van der Waals surface area contributed by atoms with Gasteiger partial charge in [0.05, 0.1) is 22.3 Å². The molecule has 0 saturated carbocycles. The third kappa shape index (κ3) is 6.63. The number of amidine groups is 1. The van der Waals surface area contributed by atoms with Crippen molar-refractivity contribution >= 4 is 58.4 Å². The van der Waals surface area contributed by atoms with Gasteiger partial charge in [0.25, 0.3) is 0 Å². The number of benzene rings is 2. The van der Waals surface area contributed by atoms with Gasteiger partial charge in [0.2, 0.25) is 0 Å². The van der Waals surface area contributed by atoms with Crippen molar-refractivity contribution in [3.05, 3.63) is 65.7 Å². The minimum Gasteiger partial charge on any atom is -0.846 e. The van der Waals surface area contributed by atoms with Crippen LogP contribution in [0, 0.1) is 5.92 Å². The number of hydrogen-bond acceptors (Lipinski definition) is 7. The normalized spacial score (nSPS) is 12.9. The summed E-state index contributed by atoms with van der Waals surface area (Å²) in [4.78, 5) is 16.9. The molecule has 0 aliphatic carbocycles. The van der Waals surface area contributed by atoms with Crippen LogP contribution in [0.15, 0.2) is 60.1 Å². The van der Waals surface area contributed by atoms with Crippen molar-refractivity contribution in [2.75, 3.05) is 17.2 Å². The first-order chi connectivity index (χ1) is 17.5. The lowest BCUT2D eigenvalue weighted by Gasteiger charge is -2.16. The predicted octanol–water partition coefficient (Wildman–Crippen LogP) is 4.76. The van der Waals surface area contributed by atoms with Gasteiger partial charge >= 0.3 is 6.18 Å². The third-order valence-corrected chi connectivity index (χ3v) is 5.91. The van der Waals surface area contributed by atoms with Gasteiger partial charge < -0.3 is 21.5 Å². The molecule has 0 amide bonds. The maximum absolute atomic E-state index is 13.0. The predicted molar refractivity (Wildman–Crippen MR) is 142 cm³/mol. The average Bonchev–Trinajstić information content (AvgIpc) is 3.28. The Morgan fingerprint density at radius 1 is 1.13 bits per heavy atom. The van der Waals surface area contributed by atoms with Crippen LogP contribution >= 0.6 is 24.0 Å². The molecule has 0 radical (unpaired) electrons. The molecule has 2 heterocycles. The molecule has 0 aliphatic heterocycles. The van der Waals surface area contributed by atoms with Crippen molar-refractivity contribution in [3.63, 3.8) is 0 Å². The molecule has 1 atom stereocenters. The van der Waals surface area contributed by atoms with Crippen LogP contribution < -0.4 is 21.5 Å². The number of aliphatic imine (C=N–C) groups is 1. The number of aromatic nitrogens is 4. The number of alkyl halides is 3. The molecule has 2 aromatic carbocycles. The van der Waals surface area contributed by atoms with Crippen LogP contribution in [0.1, 0.15) is 19.4 Å². The van der Waals surface area contributed by atoms with Crippen LogP contribution in [-0.4, -0.2) is 38.1 Å². The Morgan fingerprint density at radius 2 is 1.84 bits per heavy atom. The second-order valence-corrected chi connectivity index (χ2v) is 8.96. The highest BCUT2D eigenvalue weighted by Gasteiger charge is 2.33. The Labute approximate surface area is 227 Å². The lowest BCUT2D eigenvalue weighted by Crippen LogP contribution is -2.34. The molecule has 14 heteroatoms. The van der Waals surface area contributed by atoms with Crippen molar-refractivity contribution in [3.8, 4) is 5.69 Å². The number of nitrogens with two attached hydrogens (primary N) is 1. The Hall–Kier alpha value is -3.61. The summed E-state index contributed by atoms with van der Waals surface area (Å²) in [5.41, 5.74) is 7.14. The Morgan fingerprint density at radius 3 is 2.50 bits per heavy atom. The maximum Gasteiger partial charge on any atom is 0.417 e. The van der Waals surface area contributed by atoms with Gasteiger partial charge in [0.1, 0.15) is 12.7 Å². The molecule has 0 aliphatic rings. The smallest absolute Gasteiger partial charge is 0.417 e. The molecule has 0 saturated heterocycles. The monoisotopic (exact) mass is 567 g/mol. The van der Waals surface area contributed by atoms with E-state index < -0.39 is 22.8 Å². The van der Waals surface area contributed by atoms with Crippen molar-refractivity contribution < 1.29 is 18.3 Å². The molecule has 0 fully saturated rings. The number of anilines is 2. The third-order valence-electron chi connectivity index (χ3n) is 5.58. The fourth-order valence-corrected chi connectivity index (χ4v) is 3.60. The zero-order valence-electron chi connectivity index (χ0n) is 20.2. The van der Waals surface area contributed by atoms with E-state index in [1.807, 2.05) is 13.8 Å². The van der Waals surface area contributed by atoms with Crippen molar-refractivity contribution in [2.24, 2.45) is 16.6 Å². The quantitative estimate of drug-likeness (QED) is 0.217. The molecule has 4 aromatic rings. The first kappa shape index (κ1) is 29.0. The average molecular weight is 568 g/mol. The molecule has 2 aromatic heterocycles. The molecule has 0 unspecified atom stereocenters. The van der Waals surface area contributed by atoms with E-state index in [4.69, 9.17) is 17.3 Å². The van der Waals surface area contributed by atoms with E-state index in [2.05, 4.69) is 30.6 Å². The molecular formula is C24H24Cl2F3N8O-. The zero-order valence-corrected chi connectivity index (χ0v) is 21.8. The van der Waals surface area contributed by atoms with Crippen LogP contribution in [0.4, 0.5) is 30.4 Å². The van der Waals surface area contributed by atoms with E-state index in [-0.39, 0.29) is 24.1 Å². The van der Waals surface area contributed by atoms with E-state index >= 15 is 0 Å². The molecule has 4 N–H and O–H groups in total. The van der Waals surface area contributed by atoms with E-state index in [0.29, 0.717) is 40.8 Å². The molecular weight excluding hydrogens is 544 g/mol. The first-order valence-electron chi connectivity index (χ1n) is 11.2. The summed E-state index contributed by atoms with van der Waals surface area (Å²) < 4.78 is 40.9. The molecule has 0 bridgehead atoms. The number of halogens is 5. The van der Waals surface area contributed by atoms with Crippen LogP contribution in [0.3, 0.4) is 0 Å². The van der Waals surface area contributed by atoms with Gasteiger partial charge in [-0.2, -0.15) is 13.2 Å². The first-order valence-corrected chi connectivity index (χ1v) is 11.6. The van der Waals surface area contributed by atoms with Crippen LogP contribution in [0.25, 0.3) is 16.9 Å². The van der Waals surface area contributed by atoms with Gasteiger partial charge in [-0.15, -0.1) is 12.4 Å². The number of hydrogen-bond donors (Lipinski definition) is 3. The van der Waals surface area contributed by atoms with E-state index in [1.54, 1.807) is 35.2 Å². The summed E-state index contributed by atoms with van der Waals surface area (Å²) in [6.45, 7) is 4.61. The van der Waals surface area contributed by atoms with Gasteiger partial charge in [0.15, 0.2) is 17.0 Å². The van der Waals surface area contributed by atoms with E-state index in [0.717, 1.165) is 12.1 Å². The molecule has 0 spiro atoms. The van der Waals surface area contributed by atoms with Crippen molar-refractivity contribution in [2.45, 2.75) is 26.1 Å². The second kappa shape index (κ2) is 11.8. The van der Waals surface area contributed by atoms with E-state index in [9.17, 15) is 18.3 Å². The lowest BCUT2D eigenvalue weighted by molar-refractivity contribution is -0.214. The summed E-state index contributed by atoms with van der Waals surface area (Å²) in [7, 11) is 0. The number of fused-ring (bicyclic) bond motifs is 1. The summed E-state index contributed by atoms with van der Waals surface area (Å²) in [6.07, 6.45) is -1.62. The Bertz CT molecular complexity index is 1420. The van der Waals surface area contributed by atoms with Gasteiger partial charge in [0, 0.05) is 24.0 Å². The largest absolute Gasteiger partial charge is 0.846 e. The molecule has 38 heavy (non-hydrogen) atoms. The summed E-state index contributed by atoms with van der Waals surface area (Å²) in [5.74, 6) is 0.871. The minimum absolute atomic E-state index is 0. The minimum atomic E-state index is -4.65. The van der Waals surface area contributed by atoms with Crippen LogP contribution in [0.5, 0.6) is 0 Å². The summed E-state index contributed by atoms with van der Waals surface area (Å²) >= 11 is 5.61. The number of nitrogens with one attached hydrogen (secondary N) is 2. The van der Waals surface area contributed by atoms with Gasteiger partial charge in [-0.25, -0.2) is 19.9 Å². The van der Waals surface area contributed by atoms with Crippen LogP contribution in [0.2, 0.25) is 5.02 Å². The van der Waals surface area contributed by atoms with Crippen LogP contribution in [-0.2, 0) is 6.18 Å². The topological polar surface area (TPSA) is 129 Å². The highest BCUT2D eigenvalue weighted by Crippen LogP contribution is 2.36. The standard InChI is InChI=1S/C24H24ClF3N8O.ClH/c1-13(2)19(29)10-30-21-20-22(32-11-31-21)36(12-33-20)16-6-3-14(4-7-16)34-23(37)35-15-5-8-18(25)17(9-15)24(26,27)28;/h3-9,11-13,19H,10,29H2,1-2H3,(H,30,31,32)(H2,34,35,37);1H/p-1/t19-;/m0./s1. The van der Waals surface area contributed by atoms with Gasteiger partial charge in [-0.05, 0) is 48.4 Å². The SMILES string of the molecule is CC(C)[C@@H](N)CNc1ncnc2c1ncn2-c1ccc(N=C([O-])Nc2ccc(Cl)c(C(F)(F)F)c2)cc1.Cl. The fourth-order valence-electron chi connectivity index (χ4n) is 3.38. The van der Waals surface area contributed by atoms with Crippen molar-refractivity contribution in [1.29, 1.82) is 0 Å². The summed E-state index contributed by atoms with van der Waals surface area (Å²) in [5, 5.41) is 17.3. The highest BCUT2D eigenvalue weighted by atomic mass is 35.5. The Kier molecular flexibility index (Phi) is 9.02. The highest BCUT2D eigenvalue weighted by molar-refractivity contribution is 6.31. The van der Waals surface area contributed by atoms with E-state index in [1.165, 1.54) is 12.4 Å². The van der Waals surface area contributed by atoms with Gasteiger partial charge in [-0.1, -0.05) is 25.4 Å². The van der Waals surface area contributed by atoms with Gasteiger partial charge in [-0.3, -0.25) is 4.57 Å². The summed E-state index contributed by atoms with van der Waals surface area (Å²) in [6, 6.07) is 8.80. The Balaban J connectivity index is 0.00000400. The zero-order chi connectivity index (χ0) is 26.7. The second-order valence-electron chi connectivity index (χ2n) is 8.55. The maximum atomic E-state index is 13.0. The lowest BCUT2D eigenvalue weighted by atomic mass is 10.1. The molecule has 202 valence electrons. The fraction of sp³-hybridized carbons (Fsp3) is 0.250. The molecule has 4 rings (SSSR count). The molecule has 9 nitrogen and oxygen atoms in total. The number of rotatable bonds is 7. The number of nitrogens with zero attached hydrogens (tertiary/aromatic N) is 5. The van der Waals surface area contributed by atoms with Crippen molar-refractivity contribution in [1.82, 2.24) is 19.5 Å².